The van der Waals surface area contributed by atoms with Crippen molar-refractivity contribution < 1.29 is 0 Å². The van der Waals surface area contributed by atoms with E-state index < -0.39 is 5.96 Å². The predicted molar refractivity (Wildman–Crippen MR) is 106 cm³/mol. The van der Waals surface area contributed by atoms with Crippen LogP contribution in [-0.2, 0) is 0 Å². The van der Waals surface area contributed by atoms with Crippen LogP contribution in [0, 0.1) is 0 Å². The molecule has 22 heavy (non-hydrogen) atoms. The fourth-order valence-corrected chi connectivity index (χ4v) is 8.27. The zero-order valence-corrected chi connectivity index (χ0v) is 14.9. The monoisotopic (exact) mass is 330 g/mol. The van der Waals surface area contributed by atoms with E-state index in [1.165, 1.54) is 0 Å². The van der Waals surface area contributed by atoms with Crippen molar-refractivity contribution in [3.05, 3.63) is 104 Å². The molecular formula is C20H24ClP. The summed E-state index contributed by atoms with van der Waals surface area (Å²) in [4.78, 5) is 0. The molecule has 0 spiro atoms. The van der Waals surface area contributed by atoms with Crippen LogP contribution < -0.4 is 5.30 Å². The van der Waals surface area contributed by atoms with Gasteiger partial charge >= 0.3 is 139 Å². The Hall–Kier alpha value is -1.62. The summed E-state index contributed by atoms with van der Waals surface area (Å²) in [6, 6.07) is 10.2. The van der Waals surface area contributed by atoms with Gasteiger partial charge in [0.05, 0.1) is 0 Å². The van der Waals surface area contributed by atoms with Gasteiger partial charge in [-0.2, -0.15) is 0 Å². The van der Waals surface area contributed by atoms with E-state index in [1.807, 2.05) is 42.5 Å². The van der Waals surface area contributed by atoms with Crippen LogP contribution >= 0.6 is 17.2 Å². The molecule has 1 aromatic rings. The summed E-state index contributed by atoms with van der Waals surface area (Å²) in [7, 11) is 0. The van der Waals surface area contributed by atoms with Gasteiger partial charge in [0.15, 0.2) is 0 Å². The molecule has 0 bridgehead atoms. The average molecular weight is 331 g/mol. The zero-order valence-electron chi connectivity index (χ0n) is 13.2. The molecule has 1 rings (SSSR count). The van der Waals surface area contributed by atoms with Gasteiger partial charge in [-0.1, -0.05) is 0 Å². The van der Waals surface area contributed by atoms with E-state index in [1.54, 1.807) is 12.2 Å². The number of allylic oxidation sites excluding steroid dienone is 8. The molecule has 0 nitrogen and oxygen atoms in total. The van der Waals surface area contributed by atoms with Crippen LogP contribution in [0.2, 0.25) is 0 Å². The quantitative estimate of drug-likeness (QED) is 0.374. The third kappa shape index (κ3) is 2.82. The van der Waals surface area contributed by atoms with Crippen molar-refractivity contribution in [3.8, 4) is 0 Å². The molecule has 1 aromatic carbocycles. The number of hydrogen-bond donors (Lipinski definition) is 0. The molecule has 0 aliphatic heterocycles. The van der Waals surface area contributed by atoms with E-state index in [4.69, 9.17) is 11.2 Å². The summed E-state index contributed by atoms with van der Waals surface area (Å²) < 4.78 is 0. The summed E-state index contributed by atoms with van der Waals surface area (Å²) in [5.74, 6) is -3.13. The fourth-order valence-electron chi connectivity index (χ4n) is 2.80. The first-order chi connectivity index (χ1) is 10.5. The first-order valence-electron chi connectivity index (χ1n) is 7.23. The van der Waals surface area contributed by atoms with Gasteiger partial charge in [-0.05, 0) is 0 Å². The van der Waals surface area contributed by atoms with Crippen molar-refractivity contribution in [3.63, 3.8) is 0 Å². The number of benzene rings is 1. The molecule has 0 radical (unpaired) electrons. The van der Waals surface area contributed by atoms with E-state index in [0.717, 1.165) is 22.1 Å². The van der Waals surface area contributed by atoms with Crippen molar-refractivity contribution in [1.29, 1.82) is 0 Å². The Morgan fingerprint density at radius 1 is 0.955 bits per heavy atom. The van der Waals surface area contributed by atoms with Crippen LogP contribution in [0.25, 0.3) is 0 Å². The molecule has 0 unspecified atom stereocenters. The molecule has 0 fully saturated rings. The van der Waals surface area contributed by atoms with Gasteiger partial charge in [-0.25, -0.2) is 0 Å². The Kier molecular flexibility index (Phi) is 6.35. The summed E-state index contributed by atoms with van der Waals surface area (Å²) >= 11 is 7.55. The van der Waals surface area contributed by atoms with Crippen LogP contribution in [0.15, 0.2) is 104 Å². The minimum atomic E-state index is -3.13. The fraction of sp³-hybridized carbons (Fsp3) is 0.100. The Labute approximate surface area is 139 Å². The Morgan fingerprint density at radius 3 is 1.73 bits per heavy atom. The maximum atomic E-state index is 7.55. The number of halogens is 1. The normalized spacial score (nSPS) is 14.5. The minimum absolute atomic E-state index is 0.758. The molecule has 0 atom stereocenters. The molecule has 0 heterocycles. The van der Waals surface area contributed by atoms with Gasteiger partial charge in [0.1, 0.15) is 0 Å². The molecule has 0 aliphatic rings. The molecule has 2 heteroatoms. The molecule has 0 saturated carbocycles. The van der Waals surface area contributed by atoms with Crippen molar-refractivity contribution in [2.75, 3.05) is 6.16 Å². The second kappa shape index (κ2) is 7.58. The van der Waals surface area contributed by atoms with Crippen molar-refractivity contribution >= 4 is 22.5 Å². The average Bonchev–Trinajstić information content (AvgIpc) is 2.57. The third-order valence-corrected chi connectivity index (χ3v) is 11.8. The van der Waals surface area contributed by atoms with Gasteiger partial charge in [-0.3, -0.25) is 0 Å². The third-order valence-electron chi connectivity index (χ3n) is 3.96. The van der Waals surface area contributed by atoms with Crippen LogP contribution in [0.4, 0.5) is 0 Å². The SMILES string of the molecule is C=C/C=C(\C=C)P(Cl)(CC)(/C(C=C)=C/C=C)c1ccccc1. The molecule has 0 N–H and O–H groups in total. The van der Waals surface area contributed by atoms with Crippen LogP contribution in [-0.4, -0.2) is 6.16 Å². The van der Waals surface area contributed by atoms with E-state index in [0.29, 0.717) is 0 Å². The standard InChI is InChI=1S/C20H24ClP/c1-6-14-18(8-3)22(21,10-5,19(9-4)15-7-2)20-16-12-11-13-17-20/h6-9,11-17H,1-4,10H2,5H3/b18-14+,19-15+. The molecule has 116 valence electrons. The van der Waals surface area contributed by atoms with Gasteiger partial charge < -0.3 is 0 Å². The molecule has 0 aliphatic carbocycles. The topological polar surface area (TPSA) is 0 Å². The van der Waals surface area contributed by atoms with Crippen LogP contribution in [0.3, 0.4) is 0 Å². The first-order valence-corrected chi connectivity index (χ1v) is 10.6. The summed E-state index contributed by atoms with van der Waals surface area (Å²) in [6.45, 7) is 17.7. The second-order valence-corrected chi connectivity index (χ2v) is 11.7. The summed E-state index contributed by atoms with van der Waals surface area (Å²) in [6.07, 6.45) is 11.9. The van der Waals surface area contributed by atoms with Gasteiger partial charge in [0.2, 0.25) is 0 Å². The number of hydrogen-bond acceptors (Lipinski definition) is 0. The maximum absolute atomic E-state index is 7.55. The zero-order chi connectivity index (χ0) is 16.7. The van der Waals surface area contributed by atoms with Gasteiger partial charge in [0.25, 0.3) is 0 Å². The van der Waals surface area contributed by atoms with Crippen LogP contribution in [0.1, 0.15) is 6.92 Å². The Balaban J connectivity index is 4.00. The summed E-state index contributed by atoms with van der Waals surface area (Å²) in [5, 5.41) is 3.08. The predicted octanol–water partition coefficient (Wildman–Crippen LogP) is 6.55. The number of rotatable bonds is 8. The van der Waals surface area contributed by atoms with Crippen molar-refractivity contribution in [1.82, 2.24) is 0 Å². The van der Waals surface area contributed by atoms with E-state index in [2.05, 4.69) is 45.4 Å². The summed E-state index contributed by atoms with van der Waals surface area (Å²) in [5.41, 5.74) is 0. The second-order valence-electron chi connectivity index (χ2n) is 4.90. The van der Waals surface area contributed by atoms with E-state index in [9.17, 15) is 0 Å². The molecular weight excluding hydrogens is 307 g/mol. The molecule has 0 aromatic heterocycles. The van der Waals surface area contributed by atoms with E-state index >= 15 is 0 Å². The Bertz CT molecular complexity index is 605. The van der Waals surface area contributed by atoms with Gasteiger partial charge in [0, 0.05) is 0 Å². The molecule has 0 saturated heterocycles. The molecule has 0 amide bonds. The van der Waals surface area contributed by atoms with E-state index in [-0.39, 0.29) is 0 Å². The van der Waals surface area contributed by atoms with Crippen LogP contribution in [0.5, 0.6) is 0 Å². The first kappa shape index (κ1) is 18.4. The Morgan fingerprint density at radius 2 is 1.41 bits per heavy atom. The van der Waals surface area contributed by atoms with Crippen molar-refractivity contribution in [2.24, 2.45) is 0 Å². The van der Waals surface area contributed by atoms with Gasteiger partial charge in [-0.15, -0.1) is 0 Å². The van der Waals surface area contributed by atoms with Crippen molar-refractivity contribution in [2.45, 2.75) is 6.92 Å².